The van der Waals surface area contributed by atoms with Crippen LogP contribution in [0.4, 0.5) is 0 Å². The number of hydrogen-bond donors (Lipinski definition) is 1. The van der Waals surface area contributed by atoms with Crippen LogP contribution in [-0.4, -0.2) is 46.9 Å². The summed E-state index contributed by atoms with van der Waals surface area (Å²) in [6, 6.07) is 21.3. The fraction of sp³-hybridized carbons (Fsp3) is 0.435. The van der Waals surface area contributed by atoms with Crippen molar-refractivity contribution in [3.63, 3.8) is 0 Å². The van der Waals surface area contributed by atoms with Crippen molar-refractivity contribution in [1.29, 1.82) is 0 Å². The van der Waals surface area contributed by atoms with E-state index < -0.39 is 0 Å². The third-order valence-corrected chi connectivity index (χ3v) is 5.99. The molecule has 2 aliphatic rings. The average Bonchev–Trinajstić information content (AvgIpc) is 3.35. The molecule has 2 fully saturated rings. The van der Waals surface area contributed by atoms with Gasteiger partial charge in [0.25, 0.3) is 0 Å². The lowest BCUT2D eigenvalue weighted by Gasteiger charge is -2.20. The fourth-order valence-corrected chi connectivity index (χ4v) is 4.62. The van der Waals surface area contributed by atoms with Crippen molar-refractivity contribution < 1.29 is 5.21 Å². The van der Waals surface area contributed by atoms with E-state index in [1.54, 1.807) is 0 Å². The number of oxime groups is 1. The van der Waals surface area contributed by atoms with E-state index in [1.165, 1.54) is 11.1 Å². The molecule has 2 aromatic carbocycles. The van der Waals surface area contributed by atoms with Gasteiger partial charge < -0.3 is 5.21 Å². The summed E-state index contributed by atoms with van der Waals surface area (Å²) < 4.78 is 0. The molecular formula is C23H29N3O. The second-order valence-corrected chi connectivity index (χ2v) is 7.94. The van der Waals surface area contributed by atoms with Crippen LogP contribution < -0.4 is 0 Å². The first-order valence-electron chi connectivity index (χ1n) is 10.1. The number of nitrogens with zero attached hydrogens (tertiary/aromatic N) is 3. The van der Waals surface area contributed by atoms with Crippen LogP contribution in [-0.2, 0) is 13.1 Å². The van der Waals surface area contributed by atoms with Crippen molar-refractivity contribution >= 4 is 5.71 Å². The van der Waals surface area contributed by atoms with Crippen LogP contribution in [0.5, 0.6) is 0 Å². The van der Waals surface area contributed by atoms with Crippen molar-refractivity contribution in [3.05, 3.63) is 71.8 Å². The van der Waals surface area contributed by atoms with Gasteiger partial charge in [-0.3, -0.25) is 9.80 Å². The molecule has 2 heterocycles. The van der Waals surface area contributed by atoms with Gasteiger partial charge in [0.15, 0.2) is 0 Å². The van der Waals surface area contributed by atoms with Crippen LogP contribution in [0, 0.1) is 11.8 Å². The lowest BCUT2D eigenvalue weighted by atomic mass is 9.90. The summed E-state index contributed by atoms with van der Waals surface area (Å²) in [7, 11) is 0. The summed E-state index contributed by atoms with van der Waals surface area (Å²) in [6.07, 6.45) is 2.20. The van der Waals surface area contributed by atoms with Crippen LogP contribution in [0.15, 0.2) is 65.8 Å². The predicted molar refractivity (Wildman–Crippen MR) is 109 cm³/mol. The van der Waals surface area contributed by atoms with Gasteiger partial charge >= 0.3 is 0 Å². The van der Waals surface area contributed by atoms with E-state index in [1.807, 2.05) is 0 Å². The third kappa shape index (κ3) is 4.57. The van der Waals surface area contributed by atoms with Crippen molar-refractivity contribution in [2.45, 2.75) is 25.9 Å². The van der Waals surface area contributed by atoms with Gasteiger partial charge in [0, 0.05) is 38.0 Å². The van der Waals surface area contributed by atoms with Crippen LogP contribution >= 0.6 is 0 Å². The van der Waals surface area contributed by atoms with Crippen LogP contribution in [0.25, 0.3) is 0 Å². The van der Waals surface area contributed by atoms with E-state index in [0.29, 0.717) is 11.8 Å². The number of benzene rings is 2. The molecule has 142 valence electrons. The largest absolute Gasteiger partial charge is 0.411 e. The molecule has 2 aliphatic heterocycles. The molecule has 0 amide bonds. The van der Waals surface area contributed by atoms with E-state index in [9.17, 15) is 5.21 Å². The van der Waals surface area contributed by atoms with Gasteiger partial charge in [-0.25, -0.2) is 0 Å². The molecule has 27 heavy (non-hydrogen) atoms. The topological polar surface area (TPSA) is 39.1 Å². The van der Waals surface area contributed by atoms with Crippen molar-refractivity contribution in [1.82, 2.24) is 9.80 Å². The number of hydrogen-bond acceptors (Lipinski definition) is 4. The molecule has 2 saturated heterocycles. The van der Waals surface area contributed by atoms with Crippen LogP contribution in [0.2, 0.25) is 0 Å². The molecule has 0 radical (unpaired) electrons. The summed E-state index contributed by atoms with van der Waals surface area (Å²) in [4.78, 5) is 4.98. The van der Waals surface area contributed by atoms with Crippen molar-refractivity contribution in [2.24, 2.45) is 17.0 Å². The molecule has 0 saturated carbocycles. The molecule has 4 rings (SSSR count). The Bertz CT molecular complexity index is 685. The highest BCUT2D eigenvalue weighted by Crippen LogP contribution is 2.28. The van der Waals surface area contributed by atoms with Gasteiger partial charge in [0.05, 0.1) is 5.71 Å². The smallest absolute Gasteiger partial charge is 0.0658 e. The Hall–Kier alpha value is -2.17. The SMILES string of the molecule is ON=C(C1CCN(Cc2ccccc2)C1)C1CCN(Cc2ccccc2)C1. The van der Waals surface area contributed by atoms with Gasteiger partial charge in [-0.15, -0.1) is 0 Å². The van der Waals surface area contributed by atoms with Crippen molar-refractivity contribution in [2.75, 3.05) is 26.2 Å². The minimum atomic E-state index is 0.389. The fourth-order valence-electron chi connectivity index (χ4n) is 4.62. The molecule has 0 aromatic heterocycles. The van der Waals surface area contributed by atoms with Gasteiger partial charge in [-0.05, 0) is 37.1 Å². The van der Waals surface area contributed by atoms with Gasteiger partial charge in [0.1, 0.15) is 0 Å². The quantitative estimate of drug-likeness (QED) is 0.481. The highest BCUT2D eigenvalue weighted by molar-refractivity contribution is 5.89. The molecule has 4 heteroatoms. The second kappa shape index (κ2) is 8.68. The normalized spacial score (nSPS) is 23.6. The second-order valence-electron chi connectivity index (χ2n) is 7.94. The minimum Gasteiger partial charge on any atom is -0.411 e. The highest BCUT2D eigenvalue weighted by Gasteiger charge is 2.35. The first kappa shape index (κ1) is 18.2. The number of rotatable bonds is 6. The number of likely N-dealkylation sites (tertiary alicyclic amines) is 2. The first-order chi connectivity index (χ1) is 13.3. The van der Waals surface area contributed by atoms with Gasteiger partial charge in [-0.2, -0.15) is 0 Å². The summed E-state index contributed by atoms with van der Waals surface area (Å²) in [5.74, 6) is 0.778. The zero-order chi connectivity index (χ0) is 18.5. The molecule has 2 atom stereocenters. The standard InChI is InChI=1S/C23H29N3O/c27-24-23(21-11-13-25(17-21)15-19-7-3-1-4-8-19)22-12-14-26(18-22)16-20-9-5-2-6-10-20/h1-10,21-22,27H,11-18H2. The Kier molecular flexibility index (Phi) is 5.85. The van der Waals surface area contributed by atoms with E-state index >= 15 is 0 Å². The van der Waals surface area contributed by atoms with E-state index in [4.69, 9.17) is 0 Å². The Morgan fingerprint density at radius 3 is 1.63 bits per heavy atom. The lowest BCUT2D eigenvalue weighted by Crippen LogP contribution is -2.29. The average molecular weight is 364 g/mol. The zero-order valence-electron chi connectivity index (χ0n) is 15.9. The highest BCUT2D eigenvalue weighted by atomic mass is 16.4. The molecule has 0 spiro atoms. The molecule has 0 aliphatic carbocycles. The Morgan fingerprint density at radius 2 is 1.22 bits per heavy atom. The third-order valence-electron chi connectivity index (χ3n) is 5.99. The van der Waals surface area contributed by atoms with Crippen LogP contribution in [0.1, 0.15) is 24.0 Å². The molecule has 4 nitrogen and oxygen atoms in total. The molecule has 0 bridgehead atoms. The summed E-state index contributed by atoms with van der Waals surface area (Å²) in [5.41, 5.74) is 3.74. The van der Waals surface area contributed by atoms with Gasteiger partial charge in [0.2, 0.25) is 0 Å². The maximum atomic E-state index is 9.75. The van der Waals surface area contributed by atoms with Crippen LogP contribution in [0.3, 0.4) is 0 Å². The van der Waals surface area contributed by atoms with Gasteiger partial charge in [-0.1, -0.05) is 65.8 Å². The lowest BCUT2D eigenvalue weighted by molar-refractivity contribution is 0.298. The maximum Gasteiger partial charge on any atom is 0.0658 e. The Balaban J connectivity index is 1.32. The van der Waals surface area contributed by atoms with E-state index in [2.05, 4.69) is 75.6 Å². The predicted octanol–water partition coefficient (Wildman–Crippen LogP) is 3.86. The summed E-state index contributed by atoms with van der Waals surface area (Å²) >= 11 is 0. The van der Waals surface area contributed by atoms with E-state index in [0.717, 1.165) is 57.8 Å². The van der Waals surface area contributed by atoms with Crippen molar-refractivity contribution in [3.8, 4) is 0 Å². The molecule has 2 unspecified atom stereocenters. The zero-order valence-corrected chi connectivity index (χ0v) is 15.9. The Morgan fingerprint density at radius 1 is 0.778 bits per heavy atom. The monoisotopic (exact) mass is 363 g/mol. The summed E-state index contributed by atoms with van der Waals surface area (Å²) in [6.45, 7) is 6.15. The molecule has 2 aromatic rings. The maximum absolute atomic E-state index is 9.75. The molecular weight excluding hydrogens is 334 g/mol. The van der Waals surface area contributed by atoms with E-state index in [-0.39, 0.29) is 0 Å². The first-order valence-corrected chi connectivity index (χ1v) is 10.1. The molecule has 1 N–H and O–H groups in total. The minimum absolute atomic E-state index is 0.389. The Labute approximate surface area is 162 Å². The summed E-state index contributed by atoms with van der Waals surface area (Å²) in [5, 5.41) is 13.5.